The number of amides is 1. The Morgan fingerprint density at radius 2 is 2.21 bits per heavy atom. The van der Waals surface area contributed by atoms with Gasteiger partial charge in [0.25, 0.3) is 11.6 Å². The number of hydrogen-bond donors (Lipinski definition) is 2. The van der Waals surface area contributed by atoms with E-state index in [2.05, 4.69) is 5.32 Å². The lowest BCUT2D eigenvalue weighted by atomic mass is 9.80. The molecule has 1 saturated carbocycles. The molecule has 1 aromatic carbocycles. The first-order valence-corrected chi connectivity index (χ1v) is 6.24. The summed E-state index contributed by atoms with van der Waals surface area (Å²) in [6.45, 7) is 0.166. The van der Waals surface area contributed by atoms with Gasteiger partial charge in [-0.05, 0) is 25.3 Å². The van der Waals surface area contributed by atoms with Crippen molar-refractivity contribution < 1.29 is 14.8 Å². The van der Waals surface area contributed by atoms with Crippen LogP contribution in [0, 0.1) is 10.1 Å². The molecule has 1 aliphatic carbocycles. The molecule has 102 valence electrons. The monoisotopic (exact) mass is 284 g/mol. The molecule has 1 aliphatic rings. The molecule has 0 spiro atoms. The van der Waals surface area contributed by atoms with Crippen molar-refractivity contribution in [3.8, 4) is 0 Å². The molecule has 0 saturated heterocycles. The second-order valence-electron chi connectivity index (χ2n) is 4.68. The van der Waals surface area contributed by atoms with Crippen molar-refractivity contribution >= 4 is 23.2 Å². The highest BCUT2D eigenvalue weighted by atomic mass is 35.5. The van der Waals surface area contributed by atoms with E-state index in [4.69, 9.17) is 11.6 Å². The number of benzene rings is 1. The fourth-order valence-electron chi connectivity index (χ4n) is 1.90. The molecule has 2 rings (SSSR count). The highest BCUT2D eigenvalue weighted by molar-refractivity contribution is 6.34. The molecule has 1 fully saturated rings. The van der Waals surface area contributed by atoms with Crippen LogP contribution in [0.15, 0.2) is 18.2 Å². The molecular formula is C12H13ClN2O4. The zero-order chi connectivity index (χ0) is 14.0. The van der Waals surface area contributed by atoms with Crippen molar-refractivity contribution in [1.29, 1.82) is 0 Å². The molecule has 7 heteroatoms. The van der Waals surface area contributed by atoms with Crippen LogP contribution < -0.4 is 5.32 Å². The average Bonchev–Trinajstić information content (AvgIpc) is 2.33. The maximum atomic E-state index is 11.9. The van der Waals surface area contributed by atoms with Crippen LogP contribution in [0.1, 0.15) is 29.6 Å². The van der Waals surface area contributed by atoms with Crippen LogP contribution in [0.25, 0.3) is 0 Å². The van der Waals surface area contributed by atoms with Crippen LogP contribution in [-0.4, -0.2) is 28.1 Å². The standard InChI is InChI=1S/C12H13ClN2O4/c13-10-6-8(15(18)19)2-3-9(10)11(16)14-7-12(17)4-1-5-12/h2-3,6,17H,1,4-5,7H2,(H,14,16). The molecule has 0 radical (unpaired) electrons. The number of carbonyl (C=O) groups excluding carboxylic acids is 1. The number of non-ortho nitro benzene ring substituents is 1. The van der Waals surface area contributed by atoms with E-state index in [0.717, 1.165) is 12.5 Å². The number of rotatable bonds is 4. The molecule has 0 atom stereocenters. The Hall–Kier alpha value is -1.66. The smallest absolute Gasteiger partial charge is 0.270 e. The summed E-state index contributed by atoms with van der Waals surface area (Å²) in [5, 5.41) is 23.0. The molecule has 0 aromatic heterocycles. The average molecular weight is 285 g/mol. The van der Waals surface area contributed by atoms with Gasteiger partial charge in [-0.15, -0.1) is 0 Å². The largest absolute Gasteiger partial charge is 0.388 e. The summed E-state index contributed by atoms with van der Waals surface area (Å²) in [5.41, 5.74) is -0.822. The van der Waals surface area contributed by atoms with Gasteiger partial charge in [0.05, 0.1) is 21.1 Å². The molecule has 0 bridgehead atoms. The lowest BCUT2D eigenvalue weighted by Gasteiger charge is -2.36. The maximum Gasteiger partial charge on any atom is 0.270 e. The predicted molar refractivity (Wildman–Crippen MR) is 69.2 cm³/mol. The highest BCUT2D eigenvalue weighted by Gasteiger charge is 2.34. The van der Waals surface area contributed by atoms with E-state index in [-0.39, 0.29) is 22.8 Å². The van der Waals surface area contributed by atoms with Crippen molar-refractivity contribution in [2.24, 2.45) is 0 Å². The number of nitrogens with zero attached hydrogens (tertiary/aromatic N) is 1. The Kier molecular flexibility index (Phi) is 3.73. The first-order valence-electron chi connectivity index (χ1n) is 5.86. The minimum absolute atomic E-state index is 0.0206. The zero-order valence-electron chi connectivity index (χ0n) is 10.1. The summed E-state index contributed by atoms with van der Waals surface area (Å²) in [4.78, 5) is 21.8. The second-order valence-corrected chi connectivity index (χ2v) is 5.09. The van der Waals surface area contributed by atoms with Crippen molar-refractivity contribution in [2.75, 3.05) is 6.54 Å². The van der Waals surface area contributed by atoms with E-state index < -0.39 is 16.4 Å². The fraction of sp³-hybridized carbons (Fsp3) is 0.417. The third-order valence-corrected chi connectivity index (χ3v) is 3.58. The molecule has 0 unspecified atom stereocenters. The van der Waals surface area contributed by atoms with Gasteiger partial charge < -0.3 is 10.4 Å². The number of nitrogens with one attached hydrogen (secondary N) is 1. The number of nitro benzene ring substituents is 1. The Bertz CT molecular complexity index is 528. The molecule has 0 aliphatic heterocycles. The van der Waals surface area contributed by atoms with Crippen molar-refractivity contribution in [1.82, 2.24) is 5.32 Å². The van der Waals surface area contributed by atoms with E-state index in [1.54, 1.807) is 0 Å². The molecule has 6 nitrogen and oxygen atoms in total. The Labute approximate surface area is 114 Å². The fourth-order valence-corrected chi connectivity index (χ4v) is 2.16. The van der Waals surface area contributed by atoms with Crippen LogP contribution in [0.4, 0.5) is 5.69 Å². The quantitative estimate of drug-likeness (QED) is 0.652. The predicted octanol–water partition coefficient (Wildman–Crippen LogP) is 1.89. The number of aliphatic hydroxyl groups is 1. The molecular weight excluding hydrogens is 272 g/mol. The molecule has 0 heterocycles. The summed E-state index contributed by atoms with van der Waals surface area (Å²) in [6.07, 6.45) is 2.28. The number of halogens is 1. The molecule has 1 amide bonds. The van der Waals surface area contributed by atoms with E-state index in [1.807, 2.05) is 0 Å². The van der Waals surface area contributed by atoms with Gasteiger partial charge in [-0.2, -0.15) is 0 Å². The number of carbonyl (C=O) groups is 1. The minimum atomic E-state index is -0.817. The summed E-state index contributed by atoms with van der Waals surface area (Å²) in [6, 6.07) is 3.66. The van der Waals surface area contributed by atoms with Crippen molar-refractivity contribution in [2.45, 2.75) is 24.9 Å². The third-order valence-electron chi connectivity index (χ3n) is 3.27. The Balaban J connectivity index is 2.04. The third kappa shape index (κ3) is 3.02. The summed E-state index contributed by atoms with van der Waals surface area (Å²) in [7, 11) is 0. The van der Waals surface area contributed by atoms with Gasteiger partial charge in [0.2, 0.25) is 0 Å². The Morgan fingerprint density at radius 1 is 1.53 bits per heavy atom. The topological polar surface area (TPSA) is 92.5 Å². The van der Waals surface area contributed by atoms with E-state index in [9.17, 15) is 20.0 Å². The minimum Gasteiger partial charge on any atom is -0.388 e. The van der Waals surface area contributed by atoms with Crippen molar-refractivity contribution in [3.05, 3.63) is 38.9 Å². The summed E-state index contributed by atoms with van der Waals surface area (Å²) in [5.74, 6) is -0.444. The van der Waals surface area contributed by atoms with Gasteiger partial charge in [0.1, 0.15) is 0 Å². The lowest BCUT2D eigenvalue weighted by Crippen LogP contribution is -2.47. The number of nitro groups is 1. The Morgan fingerprint density at radius 3 is 2.68 bits per heavy atom. The van der Waals surface area contributed by atoms with E-state index in [0.29, 0.717) is 12.8 Å². The van der Waals surface area contributed by atoms with Crippen LogP contribution in [-0.2, 0) is 0 Å². The van der Waals surface area contributed by atoms with Gasteiger partial charge in [0.15, 0.2) is 0 Å². The van der Waals surface area contributed by atoms with Gasteiger partial charge >= 0.3 is 0 Å². The van der Waals surface area contributed by atoms with Crippen molar-refractivity contribution in [3.63, 3.8) is 0 Å². The second kappa shape index (κ2) is 5.14. The summed E-state index contributed by atoms with van der Waals surface area (Å²) >= 11 is 5.84. The lowest BCUT2D eigenvalue weighted by molar-refractivity contribution is -0.384. The van der Waals surface area contributed by atoms with Crippen LogP contribution >= 0.6 is 11.6 Å². The van der Waals surface area contributed by atoms with Crippen LogP contribution in [0.5, 0.6) is 0 Å². The first-order chi connectivity index (χ1) is 8.91. The van der Waals surface area contributed by atoms with E-state index in [1.165, 1.54) is 12.1 Å². The van der Waals surface area contributed by atoms with Gasteiger partial charge in [-0.1, -0.05) is 11.6 Å². The molecule has 1 aromatic rings. The van der Waals surface area contributed by atoms with Gasteiger partial charge in [-0.25, -0.2) is 0 Å². The van der Waals surface area contributed by atoms with Gasteiger partial charge in [0, 0.05) is 18.7 Å². The van der Waals surface area contributed by atoms with Crippen LogP contribution in [0.3, 0.4) is 0 Å². The summed E-state index contributed by atoms with van der Waals surface area (Å²) < 4.78 is 0. The maximum absolute atomic E-state index is 11.9. The van der Waals surface area contributed by atoms with E-state index >= 15 is 0 Å². The highest BCUT2D eigenvalue weighted by Crippen LogP contribution is 2.30. The number of hydrogen-bond acceptors (Lipinski definition) is 4. The first kappa shape index (κ1) is 13.8. The molecule has 19 heavy (non-hydrogen) atoms. The SMILES string of the molecule is O=C(NCC1(O)CCC1)c1ccc([N+](=O)[O-])cc1Cl. The van der Waals surface area contributed by atoms with Crippen LogP contribution in [0.2, 0.25) is 5.02 Å². The zero-order valence-corrected chi connectivity index (χ0v) is 10.8. The van der Waals surface area contributed by atoms with Gasteiger partial charge in [-0.3, -0.25) is 14.9 Å². The molecule has 2 N–H and O–H groups in total. The normalized spacial score (nSPS) is 16.5.